The minimum absolute atomic E-state index is 0.0240. The molecule has 2 aromatic carbocycles. The van der Waals surface area contributed by atoms with Gasteiger partial charge in [0.2, 0.25) is 4.80 Å². The van der Waals surface area contributed by atoms with Gasteiger partial charge in [0.1, 0.15) is 10.6 Å². The summed E-state index contributed by atoms with van der Waals surface area (Å²) in [5.74, 6) is -1.26. The van der Waals surface area contributed by atoms with E-state index in [1.165, 1.54) is 99.1 Å². The zero-order chi connectivity index (χ0) is 32.9. The summed E-state index contributed by atoms with van der Waals surface area (Å²) in [4.78, 5) is 13.3. The van der Waals surface area contributed by atoms with Gasteiger partial charge in [-0.15, -0.1) is 5.10 Å². The fourth-order valence-electron chi connectivity index (χ4n) is 4.97. The second-order valence-corrected chi connectivity index (χ2v) is 15.2. The van der Waals surface area contributed by atoms with Crippen LogP contribution in [0, 0.1) is 0 Å². The Hall–Kier alpha value is -2.94. The molecule has 3 aromatic rings. The first kappa shape index (κ1) is 36.5. The van der Waals surface area contributed by atoms with Gasteiger partial charge in [-0.1, -0.05) is 102 Å². The van der Waals surface area contributed by atoms with Crippen LogP contribution >= 0.6 is 11.3 Å². The molecule has 0 aliphatic rings. The van der Waals surface area contributed by atoms with E-state index in [2.05, 4.69) is 16.9 Å². The molecule has 0 aliphatic heterocycles. The number of benzene rings is 2. The summed E-state index contributed by atoms with van der Waals surface area (Å²) in [6.07, 6.45) is 17.0. The highest BCUT2D eigenvalue weighted by atomic mass is 32.2. The number of ether oxygens (including phenoxy) is 1. The molecule has 0 amide bonds. The predicted molar refractivity (Wildman–Crippen MR) is 176 cm³/mol. The number of hydrogen-bond acceptors (Lipinski definition) is 8. The van der Waals surface area contributed by atoms with Crippen LogP contribution in [0.15, 0.2) is 51.3 Å². The van der Waals surface area contributed by atoms with E-state index >= 15 is 0 Å². The van der Waals surface area contributed by atoms with Gasteiger partial charge < -0.3 is 14.4 Å². The van der Waals surface area contributed by atoms with Crippen LogP contribution < -0.4 is 14.4 Å². The molecule has 45 heavy (non-hydrogen) atoms. The molecule has 0 atom stereocenters. The Morgan fingerprint density at radius 3 is 2.00 bits per heavy atom. The Labute approximate surface area is 270 Å². The van der Waals surface area contributed by atoms with Gasteiger partial charge in [0, 0.05) is 7.05 Å². The minimum atomic E-state index is -4.43. The van der Waals surface area contributed by atoms with Crippen molar-refractivity contribution in [3.63, 3.8) is 0 Å². The van der Waals surface area contributed by atoms with Crippen molar-refractivity contribution in [1.82, 2.24) is 9.40 Å². The number of aryl methyl sites for hydroxylation is 1. The van der Waals surface area contributed by atoms with E-state index in [9.17, 15) is 31.3 Å². The van der Waals surface area contributed by atoms with E-state index < -0.39 is 26.1 Å². The van der Waals surface area contributed by atoms with E-state index in [1.54, 1.807) is 7.05 Å². The number of aromatic carboxylic acids is 1. The number of aromatic nitrogens is 1. The summed E-state index contributed by atoms with van der Waals surface area (Å²) in [5, 5.41) is 13.4. The Morgan fingerprint density at radius 1 is 0.867 bits per heavy atom. The average molecular weight is 684 g/mol. The van der Waals surface area contributed by atoms with Crippen LogP contribution in [0.4, 0.5) is 0 Å². The molecule has 0 saturated carbocycles. The van der Waals surface area contributed by atoms with Gasteiger partial charge in [-0.05, 0) is 42.8 Å². The van der Waals surface area contributed by atoms with Gasteiger partial charge in [-0.3, -0.25) is 4.55 Å². The quantitative estimate of drug-likeness (QED) is 0.0624. The Bertz CT molecular complexity index is 1700. The third-order valence-electron chi connectivity index (χ3n) is 7.57. The third-order valence-corrected chi connectivity index (χ3v) is 10.8. The molecule has 3 rings (SSSR count). The monoisotopic (exact) mass is 683 g/mol. The molecule has 0 fully saturated rings. The number of nitrogens with one attached hydrogen (secondary N) is 1. The average Bonchev–Trinajstić information content (AvgIpc) is 3.32. The van der Waals surface area contributed by atoms with Crippen LogP contribution in [-0.2, 0) is 27.2 Å². The van der Waals surface area contributed by atoms with Crippen LogP contribution in [0.1, 0.15) is 107 Å². The molecule has 1 aromatic heterocycles. The summed E-state index contributed by atoms with van der Waals surface area (Å²) in [7, 11) is -7.21. The van der Waals surface area contributed by atoms with Crippen LogP contribution in [0.2, 0.25) is 0 Å². The lowest BCUT2D eigenvalue weighted by molar-refractivity contribution is 0.0696. The number of carboxylic acids is 1. The lowest BCUT2D eigenvalue weighted by Gasteiger charge is -2.12. The summed E-state index contributed by atoms with van der Waals surface area (Å²) in [6, 6.07) is 7.63. The van der Waals surface area contributed by atoms with E-state index in [0.29, 0.717) is 10.2 Å². The van der Waals surface area contributed by atoms with E-state index in [-0.39, 0.29) is 32.5 Å². The Morgan fingerprint density at radius 2 is 1.44 bits per heavy atom. The van der Waals surface area contributed by atoms with E-state index in [1.807, 2.05) is 0 Å². The highest BCUT2D eigenvalue weighted by Gasteiger charge is 2.22. The van der Waals surface area contributed by atoms with Crippen LogP contribution in [-0.4, -0.2) is 43.6 Å². The molecular formula is C31H45N3O8S3. The first-order valence-corrected chi connectivity index (χ1v) is 19.3. The van der Waals surface area contributed by atoms with Gasteiger partial charge in [0.25, 0.3) is 20.1 Å². The lowest BCUT2D eigenvalue weighted by Crippen LogP contribution is -2.24. The van der Waals surface area contributed by atoms with Crippen LogP contribution in [0.25, 0.3) is 10.2 Å². The number of hydrogen-bond donors (Lipinski definition) is 3. The van der Waals surface area contributed by atoms with Crippen molar-refractivity contribution in [1.29, 1.82) is 0 Å². The van der Waals surface area contributed by atoms with Gasteiger partial charge in [-0.2, -0.15) is 21.7 Å². The maximum Gasteiger partial charge on any atom is 0.335 e. The van der Waals surface area contributed by atoms with Crippen molar-refractivity contribution < 1.29 is 36.0 Å². The third kappa shape index (κ3) is 11.4. The highest BCUT2D eigenvalue weighted by Crippen LogP contribution is 2.26. The molecule has 0 spiro atoms. The number of unbranched alkanes of at least 4 members (excludes halogenated alkanes) is 13. The van der Waals surface area contributed by atoms with Crippen LogP contribution in [0.3, 0.4) is 0 Å². The molecule has 14 heteroatoms. The predicted octanol–water partition coefficient (Wildman–Crippen LogP) is 6.84. The topological polar surface area (TPSA) is 164 Å². The summed E-state index contributed by atoms with van der Waals surface area (Å²) < 4.78 is 66.8. The second kappa shape index (κ2) is 17.7. The zero-order valence-corrected chi connectivity index (χ0v) is 28.5. The molecule has 3 N–H and O–H groups in total. The maximum absolute atomic E-state index is 13.3. The molecule has 0 bridgehead atoms. The van der Waals surface area contributed by atoms with Gasteiger partial charge in [0.15, 0.2) is 0 Å². The number of carboxylic acid groups (broad SMARTS) is 1. The van der Waals surface area contributed by atoms with Crippen molar-refractivity contribution in [2.24, 2.45) is 12.1 Å². The smallest absolute Gasteiger partial charge is 0.335 e. The van der Waals surface area contributed by atoms with Crippen molar-refractivity contribution in [3.8, 4) is 5.75 Å². The summed E-state index contributed by atoms with van der Waals surface area (Å²) in [5.41, 5.74) is 0.197. The minimum Gasteiger partial charge on any atom is -0.492 e. The second-order valence-electron chi connectivity index (χ2n) is 11.2. The van der Waals surface area contributed by atoms with Crippen LogP contribution in [0.5, 0.6) is 5.75 Å². The first-order valence-electron chi connectivity index (χ1n) is 15.6. The molecule has 1 heterocycles. The first-order chi connectivity index (χ1) is 21.4. The summed E-state index contributed by atoms with van der Waals surface area (Å²) >= 11 is 1.09. The highest BCUT2D eigenvalue weighted by molar-refractivity contribution is 7.89. The molecule has 0 saturated heterocycles. The van der Waals surface area contributed by atoms with Crippen molar-refractivity contribution in [3.05, 3.63) is 46.8 Å². The van der Waals surface area contributed by atoms with E-state index in [0.717, 1.165) is 43.1 Å². The normalized spacial score (nSPS) is 12.6. The molecule has 0 radical (unpaired) electrons. The zero-order valence-electron chi connectivity index (χ0n) is 26.0. The molecular weight excluding hydrogens is 639 g/mol. The van der Waals surface area contributed by atoms with Gasteiger partial charge in [-0.25, -0.2) is 4.79 Å². The number of carbonyl (C=O) groups is 1. The van der Waals surface area contributed by atoms with Gasteiger partial charge >= 0.3 is 5.97 Å². The molecule has 250 valence electrons. The van der Waals surface area contributed by atoms with Crippen molar-refractivity contribution >= 4 is 47.7 Å². The number of nitrogens with zero attached hydrogens (tertiary/aromatic N) is 2. The molecule has 11 nitrogen and oxygen atoms in total. The maximum atomic E-state index is 13.3. The lowest BCUT2D eigenvalue weighted by atomic mass is 10.0. The fraction of sp³-hybridized carbons (Fsp3) is 0.548. The number of fused-ring (bicyclic) bond motifs is 1. The van der Waals surface area contributed by atoms with Gasteiger partial charge in [0.05, 0.1) is 27.3 Å². The van der Waals surface area contributed by atoms with E-state index in [4.69, 9.17) is 4.74 Å². The fourth-order valence-corrected chi connectivity index (χ4v) is 7.47. The molecule has 0 unspecified atom stereocenters. The van der Waals surface area contributed by atoms with Crippen molar-refractivity contribution in [2.75, 3.05) is 6.61 Å². The molecule has 0 aliphatic carbocycles. The largest absolute Gasteiger partial charge is 0.492 e. The summed E-state index contributed by atoms with van der Waals surface area (Å²) in [6.45, 7) is 2.52. The number of sulfonamides is 1. The standard InChI is InChI=1S/C31H45N3O8S3/c1-3-4-5-6-7-8-9-10-11-12-13-14-15-16-21-42-27-19-17-24(30(35)36)22-29(27)44(37,38)33-32-31-34(2)26-23-25(45(39,40)41)18-20-28(26)43-31/h17-20,22-23,33H,3-16,21H2,1-2H3,(H,35,36)(H,39,40,41)/b32-31+. The SMILES string of the molecule is CCCCCCCCCCCCCCCCOc1ccc(C(=O)O)cc1S(=O)(=O)N/N=c1/sc2ccc(S(=O)(=O)O)cc2n1C. The Balaban J connectivity index is 1.55. The number of thiazole rings is 1. The number of rotatable bonds is 21. The van der Waals surface area contributed by atoms with Crippen molar-refractivity contribution in [2.45, 2.75) is 107 Å². The Kier molecular flexibility index (Phi) is 14.3.